The Morgan fingerprint density at radius 2 is 2.38 bits per heavy atom. The first-order chi connectivity index (χ1) is 7.79. The van der Waals surface area contributed by atoms with Crippen molar-refractivity contribution in [3.05, 3.63) is 12.2 Å². The summed E-state index contributed by atoms with van der Waals surface area (Å²) in [5.41, 5.74) is 0.372. The van der Waals surface area contributed by atoms with Crippen LogP contribution in [0.1, 0.15) is 32.0 Å². The number of nitrogens with zero attached hydrogens (tertiary/aromatic N) is 3. The first-order valence-corrected chi connectivity index (χ1v) is 6.46. The molecule has 1 fully saturated rings. The van der Waals surface area contributed by atoms with E-state index in [9.17, 15) is 0 Å². The molecule has 1 aromatic heterocycles. The van der Waals surface area contributed by atoms with E-state index in [0.29, 0.717) is 5.41 Å². The Kier molecular flexibility index (Phi) is 3.82. The monoisotopic (exact) mass is 242 g/mol. The zero-order chi connectivity index (χ0) is 11.4. The van der Waals surface area contributed by atoms with Crippen LogP contribution in [0.2, 0.25) is 0 Å². The molecule has 1 saturated carbocycles. The molecular formula is C11H19ClN4. The topological polar surface area (TPSA) is 42.7 Å². The van der Waals surface area contributed by atoms with Crippen LogP contribution in [-0.2, 0) is 13.1 Å². The fourth-order valence-electron chi connectivity index (χ4n) is 1.80. The summed E-state index contributed by atoms with van der Waals surface area (Å²) >= 11 is 5.92. The van der Waals surface area contributed by atoms with Gasteiger partial charge >= 0.3 is 0 Å². The average molecular weight is 243 g/mol. The average Bonchev–Trinajstić information content (AvgIpc) is 2.95. The van der Waals surface area contributed by atoms with E-state index in [2.05, 4.69) is 22.3 Å². The van der Waals surface area contributed by atoms with Gasteiger partial charge in [-0.15, -0.1) is 11.6 Å². The van der Waals surface area contributed by atoms with Crippen LogP contribution >= 0.6 is 11.6 Å². The molecule has 16 heavy (non-hydrogen) atoms. The molecule has 1 heterocycles. The third-order valence-electron chi connectivity index (χ3n) is 3.15. The summed E-state index contributed by atoms with van der Waals surface area (Å²) in [4.78, 5) is 4.26. The number of aromatic nitrogens is 3. The fourth-order valence-corrected chi connectivity index (χ4v) is 2.16. The predicted molar refractivity (Wildman–Crippen MR) is 64.4 cm³/mol. The Balaban J connectivity index is 1.78. The maximum Gasteiger partial charge on any atom is 0.140 e. The first kappa shape index (κ1) is 11.9. The molecule has 1 aliphatic rings. The number of hydrogen-bond acceptors (Lipinski definition) is 3. The summed E-state index contributed by atoms with van der Waals surface area (Å²) in [6.07, 6.45) is 5.22. The molecular weight excluding hydrogens is 224 g/mol. The Morgan fingerprint density at radius 1 is 1.56 bits per heavy atom. The lowest BCUT2D eigenvalue weighted by atomic mass is 10.1. The Labute approximate surface area is 101 Å². The molecule has 4 nitrogen and oxygen atoms in total. The molecule has 0 amide bonds. The minimum atomic E-state index is 0.372. The van der Waals surface area contributed by atoms with E-state index in [0.717, 1.165) is 37.8 Å². The van der Waals surface area contributed by atoms with Crippen LogP contribution in [0.5, 0.6) is 0 Å². The van der Waals surface area contributed by atoms with Gasteiger partial charge in [-0.05, 0) is 24.7 Å². The van der Waals surface area contributed by atoms with Crippen LogP contribution < -0.4 is 5.32 Å². The Bertz CT molecular complexity index is 332. The lowest BCUT2D eigenvalue weighted by Crippen LogP contribution is -2.26. The van der Waals surface area contributed by atoms with Gasteiger partial charge in [0.25, 0.3) is 0 Å². The normalized spacial score (nSPS) is 17.6. The van der Waals surface area contributed by atoms with Crippen LogP contribution in [0, 0.1) is 5.41 Å². The van der Waals surface area contributed by atoms with Crippen molar-refractivity contribution in [2.24, 2.45) is 5.41 Å². The minimum absolute atomic E-state index is 0.372. The molecule has 0 aliphatic heterocycles. The number of halogens is 1. The van der Waals surface area contributed by atoms with E-state index in [1.54, 1.807) is 6.33 Å². The van der Waals surface area contributed by atoms with Gasteiger partial charge in [-0.25, -0.2) is 9.67 Å². The van der Waals surface area contributed by atoms with Gasteiger partial charge in [-0.1, -0.05) is 6.92 Å². The maximum atomic E-state index is 5.92. The number of nitrogens with one attached hydrogen (secondary N) is 1. The first-order valence-electron chi connectivity index (χ1n) is 5.93. The third-order valence-corrected chi connectivity index (χ3v) is 3.72. The number of rotatable bonds is 7. The van der Waals surface area contributed by atoms with Crippen molar-refractivity contribution in [1.29, 1.82) is 0 Å². The number of alkyl halides is 1. The zero-order valence-corrected chi connectivity index (χ0v) is 10.5. The van der Waals surface area contributed by atoms with Crippen molar-refractivity contribution < 1.29 is 0 Å². The van der Waals surface area contributed by atoms with Gasteiger partial charge < -0.3 is 5.32 Å². The lowest BCUT2D eigenvalue weighted by Gasteiger charge is -2.12. The molecule has 0 spiro atoms. The molecule has 0 bridgehead atoms. The molecule has 1 N–H and O–H groups in total. The van der Waals surface area contributed by atoms with Crippen molar-refractivity contribution >= 4 is 11.6 Å². The highest BCUT2D eigenvalue weighted by molar-refractivity contribution is 6.18. The van der Waals surface area contributed by atoms with Crippen LogP contribution in [0.3, 0.4) is 0 Å². The zero-order valence-electron chi connectivity index (χ0n) is 9.75. The summed E-state index contributed by atoms with van der Waals surface area (Å²) in [5, 5.41) is 7.63. The molecule has 0 aromatic carbocycles. The largest absolute Gasteiger partial charge is 0.309 e. The minimum Gasteiger partial charge on any atom is -0.309 e. The smallest absolute Gasteiger partial charge is 0.140 e. The van der Waals surface area contributed by atoms with Crippen LogP contribution in [0.15, 0.2) is 6.33 Å². The summed E-state index contributed by atoms with van der Waals surface area (Å²) < 4.78 is 1.97. The van der Waals surface area contributed by atoms with Crippen molar-refractivity contribution in [3.63, 3.8) is 0 Å². The van der Waals surface area contributed by atoms with Gasteiger partial charge in [-0.2, -0.15) is 5.10 Å². The van der Waals surface area contributed by atoms with Gasteiger partial charge in [0.2, 0.25) is 0 Å². The molecule has 0 atom stereocenters. The van der Waals surface area contributed by atoms with Gasteiger partial charge in [0, 0.05) is 19.0 Å². The number of hydrogen-bond donors (Lipinski definition) is 1. The highest BCUT2D eigenvalue weighted by Crippen LogP contribution is 2.45. The van der Waals surface area contributed by atoms with Crippen molar-refractivity contribution in [2.75, 3.05) is 12.4 Å². The SMILES string of the molecule is CCCn1ncnc1CNCC1(CCl)CC1. The van der Waals surface area contributed by atoms with E-state index in [1.165, 1.54) is 12.8 Å². The summed E-state index contributed by atoms with van der Waals surface area (Å²) in [5.74, 6) is 1.79. The Morgan fingerprint density at radius 3 is 3.00 bits per heavy atom. The molecule has 2 rings (SSSR count). The van der Waals surface area contributed by atoms with E-state index in [4.69, 9.17) is 11.6 Å². The number of aryl methyl sites for hydroxylation is 1. The van der Waals surface area contributed by atoms with Gasteiger partial charge in [-0.3, -0.25) is 0 Å². The molecule has 0 saturated heterocycles. The highest BCUT2D eigenvalue weighted by atomic mass is 35.5. The molecule has 0 radical (unpaired) electrons. The maximum absolute atomic E-state index is 5.92. The fraction of sp³-hybridized carbons (Fsp3) is 0.818. The van der Waals surface area contributed by atoms with Crippen molar-refractivity contribution in [3.8, 4) is 0 Å². The lowest BCUT2D eigenvalue weighted by molar-refractivity contribution is 0.479. The standard InChI is InChI=1S/C11H19ClN4/c1-2-5-16-10(14-9-15-16)6-13-8-11(7-12)3-4-11/h9,13H,2-8H2,1H3. The molecule has 0 unspecified atom stereocenters. The van der Waals surface area contributed by atoms with E-state index < -0.39 is 0 Å². The van der Waals surface area contributed by atoms with E-state index in [-0.39, 0.29) is 0 Å². The van der Waals surface area contributed by atoms with Crippen LogP contribution in [0.25, 0.3) is 0 Å². The third kappa shape index (κ3) is 2.74. The summed E-state index contributed by atoms with van der Waals surface area (Å²) in [6, 6.07) is 0. The quantitative estimate of drug-likeness (QED) is 0.742. The second-order valence-electron chi connectivity index (χ2n) is 4.64. The molecule has 1 aliphatic carbocycles. The molecule has 5 heteroatoms. The molecule has 1 aromatic rings. The van der Waals surface area contributed by atoms with Crippen LogP contribution in [0.4, 0.5) is 0 Å². The van der Waals surface area contributed by atoms with Gasteiger partial charge in [0.15, 0.2) is 0 Å². The van der Waals surface area contributed by atoms with Crippen molar-refractivity contribution in [2.45, 2.75) is 39.3 Å². The van der Waals surface area contributed by atoms with Gasteiger partial charge in [0.05, 0.1) is 6.54 Å². The van der Waals surface area contributed by atoms with E-state index >= 15 is 0 Å². The van der Waals surface area contributed by atoms with Crippen molar-refractivity contribution in [1.82, 2.24) is 20.1 Å². The van der Waals surface area contributed by atoms with E-state index in [1.807, 2.05) is 4.68 Å². The second kappa shape index (κ2) is 5.15. The Hall–Kier alpha value is -0.610. The van der Waals surface area contributed by atoms with Crippen LogP contribution in [-0.4, -0.2) is 27.2 Å². The highest BCUT2D eigenvalue weighted by Gasteiger charge is 2.41. The predicted octanol–water partition coefficient (Wildman–Crippen LogP) is 1.80. The van der Waals surface area contributed by atoms with Gasteiger partial charge in [0.1, 0.15) is 12.2 Å². The molecule has 90 valence electrons. The summed E-state index contributed by atoms with van der Waals surface area (Å²) in [6.45, 7) is 4.87. The second-order valence-corrected chi connectivity index (χ2v) is 4.90. The summed E-state index contributed by atoms with van der Waals surface area (Å²) in [7, 11) is 0.